The normalized spacial score (nSPS) is 17.6. The first-order chi connectivity index (χ1) is 8.69. The van der Waals surface area contributed by atoms with E-state index in [4.69, 9.17) is 5.26 Å². The van der Waals surface area contributed by atoms with Crippen LogP contribution in [0.1, 0.15) is 16.7 Å². The molecule has 0 radical (unpaired) electrons. The molecule has 3 nitrogen and oxygen atoms in total. The van der Waals surface area contributed by atoms with Crippen molar-refractivity contribution in [3.63, 3.8) is 0 Å². The monoisotopic (exact) mass is 243 g/mol. The van der Waals surface area contributed by atoms with E-state index in [0.29, 0.717) is 6.54 Å². The molecular formula is C15H21N3. The van der Waals surface area contributed by atoms with Crippen LogP contribution in [-0.2, 0) is 6.54 Å². The summed E-state index contributed by atoms with van der Waals surface area (Å²) in [5.74, 6) is 0. The topological polar surface area (TPSA) is 30.3 Å². The standard InChI is InChI=1S/C15H21N3/c1-13-3-4-14(2)15(11-13)12-18-9-7-17(6-5-16)8-10-18/h3-4,11H,6-10,12H2,1-2H3. The van der Waals surface area contributed by atoms with Crippen molar-refractivity contribution in [2.75, 3.05) is 32.7 Å². The van der Waals surface area contributed by atoms with Crippen molar-refractivity contribution in [1.29, 1.82) is 5.26 Å². The van der Waals surface area contributed by atoms with Gasteiger partial charge in [0.05, 0.1) is 12.6 Å². The molecule has 0 atom stereocenters. The second kappa shape index (κ2) is 5.99. The Morgan fingerprint density at radius 2 is 1.78 bits per heavy atom. The first kappa shape index (κ1) is 13.1. The van der Waals surface area contributed by atoms with E-state index in [2.05, 4.69) is 47.9 Å². The Morgan fingerprint density at radius 1 is 1.11 bits per heavy atom. The summed E-state index contributed by atoms with van der Waals surface area (Å²) in [7, 11) is 0. The first-order valence-electron chi connectivity index (χ1n) is 6.57. The van der Waals surface area contributed by atoms with E-state index in [0.717, 1.165) is 32.7 Å². The third kappa shape index (κ3) is 3.32. The molecule has 0 N–H and O–H groups in total. The van der Waals surface area contributed by atoms with Gasteiger partial charge in [-0.05, 0) is 25.0 Å². The number of nitrogens with zero attached hydrogens (tertiary/aromatic N) is 3. The maximum atomic E-state index is 8.68. The van der Waals surface area contributed by atoms with Gasteiger partial charge in [0, 0.05) is 32.7 Å². The zero-order valence-electron chi connectivity index (χ0n) is 11.3. The number of hydrogen-bond donors (Lipinski definition) is 0. The molecule has 1 saturated heterocycles. The van der Waals surface area contributed by atoms with Crippen molar-refractivity contribution in [2.45, 2.75) is 20.4 Å². The minimum absolute atomic E-state index is 0.567. The minimum Gasteiger partial charge on any atom is -0.297 e. The van der Waals surface area contributed by atoms with Gasteiger partial charge >= 0.3 is 0 Å². The fourth-order valence-electron chi connectivity index (χ4n) is 2.42. The summed E-state index contributed by atoms with van der Waals surface area (Å²) < 4.78 is 0. The van der Waals surface area contributed by atoms with Crippen molar-refractivity contribution in [2.24, 2.45) is 0 Å². The number of piperazine rings is 1. The van der Waals surface area contributed by atoms with Gasteiger partial charge in [0.25, 0.3) is 0 Å². The Hall–Kier alpha value is -1.37. The van der Waals surface area contributed by atoms with Gasteiger partial charge in [-0.3, -0.25) is 9.80 Å². The van der Waals surface area contributed by atoms with Crippen LogP contribution < -0.4 is 0 Å². The summed E-state index contributed by atoms with van der Waals surface area (Å²) in [6.07, 6.45) is 0. The predicted molar refractivity (Wildman–Crippen MR) is 73.2 cm³/mol. The molecule has 2 rings (SSSR count). The van der Waals surface area contributed by atoms with Crippen LogP contribution in [0.3, 0.4) is 0 Å². The fourth-order valence-corrected chi connectivity index (χ4v) is 2.42. The molecule has 0 amide bonds. The molecule has 3 heteroatoms. The van der Waals surface area contributed by atoms with Gasteiger partial charge in [-0.25, -0.2) is 0 Å². The van der Waals surface area contributed by atoms with Gasteiger partial charge in [0.2, 0.25) is 0 Å². The summed E-state index contributed by atoms with van der Waals surface area (Å²) in [6.45, 7) is 10.1. The molecule has 18 heavy (non-hydrogen) atoms. The lowest BCUT2D eigenvalue weighted by atomic mass is 10.0. The number of aryl methyl sites for hydroxylation is 2. The maximum absolute atomic E-state index is 8.68. The molecule has 1 aromatic rings. The van der Waals surface area contributed by atoms with Gasteiger partial charge in [0.15, 0.2) is 0 Å². The smallest absolute Gasteiger partial charge is 0.0866 e. The molecule has 0 aromatic heterocycles. The van der Waals surface area contributed by atoms with Crippen LogP contribution in [0.2, 0.25) is 0 Å². The van der Waals surface area contributed by atoms with E-state index in [1.165, 1.54) is 16.7 Å². The van der Waals surface area contributed by atoms with Gasteiger partial charge in [0.1, 0.15) is 0 Å². The highest BCUT2D eigenvalue weighted by Gasteiger charge is 2.16. The summed E-state index contributed by atoms with van der Waals surface area (Å²) in [5, 5.41) is 8.68. The Morgan fingerprint density at radius 3 is 2.44 bits per heavy atom. The highest BCUT2D eigenvalue weighted by atomic mass is 15.3. The highest BCUT2D eigenvalue weighted by Crippen LogP contribution is 2.14. The molecule has 1 heterocycles. The van der Waals surface area contributed by atoms with Crippen LogP contribution in [0.5, 0.6) is 0 Å². The Bertz CT molecular complexity index is 440. The van der Waals surface area contributed by atoms with E-state index < -0.39 is 0 Å². The number of benzene rings is 1. The molecule has 0 aliphatic carbocycles. The molecule has 0 bridgehead atoms. The second-order valence-corrected chi connectivity index (χ2v) is 5.14. The van der Waals surface area contributed by atoms with Crippen LogP contribution in [0.15, 0.2) is 18.2 Å². The molecule has 0 spiro atoms. The van der Waals surface area contributed by atoms with Crippen LogP contribution >= 0.6 is 0 Å². The summed E-state index contributed by atoms with van der Waals surface area (Å²) in [4.78, 5) is 4.70. The quantitative estimate of drug-likeness (QED) is 0.760. The summed E-state index contributed by atoms with van der Waals surface area (Å²) >= 11 is 0. The minimum atomic E-state index is 0.567. The number of hydrogen-bond acceptors (Lipinski definition) is 3. The molecule has 1 fully saturated rings. The van der Waals surface area contributed by atoms with Crippen molar-refractivity contribution in [3.05, 3.63) is 34.9 Å². The third-order valence-corrected chi connectivity index (χ3v) is 3.66. The van der Waals surface area contributed by atoms with Crippen LogP contribution in [0, 0.1) is 25.2 Å². The molecule has 0 saturated carbocycles. The molecule has 1 aliphatic heterocycles. The molecular weight excluding hydrogens is 222 g/mol. The third-order valence-electron chi connectivity index (χ3n) is 3.66. The van der Waals surface area contributed by atoms with E-state index in [1.807, 2.05) is 0 Å². The van der Waals surface area contributed by atoms with Crippen LogP contribution in [-0.4, -0.2) is 42.5 Å². The lowest BCUT2D eigenvalue weighted by molar-refractivity contribution is 0.138. The second-order valence-electron chi connectivity index (χ2n) is 5.14. The molecule has 1 aliphatic rings. The maximum Gasteiger partial charge on any atom is 0.0866 e. The van der Waals surface area contributed by atoms with E-state index in [9.17, 15) is 0 Å². The molecule has 0 unspecified atom stereocenters. The van der Waals surface area contributed by atoms with E-state index >= 15 is 0 Å². The van der Waals surface area contributed by atoms with Gasteiger partial charge in [-0.1, -0.05) is 23.8 Å². The average molecular weight is 243 g/mol. The fraction of sp³-hybridized carbons (Fsp3) is 0.533. The van der Waals surface area contributed by atoms with Crippen molar-refractivity contribution in [3.8, 4) is 6.07 Å². The predicted octanol–water partition coefficient (Wildman–Crippen LogP) is 1.94. The Balaban J connectivity index is 1.92. The lowest BCUT2D eigenvalue weighted by Crippen LogP contribution is -2.45. The van der Waals surface area contributed by atoms with E-state index in [1.54, 1.807) is 0 Å². The van der Waals surface area contributed by atoms with Crippen molar-refractivity contribution >= 4 is 0 Å². The first-order valence-corrected chi connectivity index (χ1v) is 6.57. The van der Waals surface area contributed by atoms with Crippen LogP contribution in [0.25, 0.3) is 0 Å². The van der Waals surface area contributed by atoms with Crippen LogP contribution in [0.4, 0.5) is 0 Å². The average Bonchev–Trinajstić information content (AvgIpc) is 2.37. The van der Waals surface area contributed by atoms with Gasteiger partial charge in [-0.2, -0.15) is 5.26 Å². The summed E-state index contributed by atoms with van der Waals surface area (Å²) in [5.41, 5.74) is 4.14. The van der Waals surface area contributed by atoms with E-state index in [-0.39, 0.29) is 0 Å². The molecule has 1 aromatic carbocycles. The zero-order valence-corrected chi connectivity index (χ0v) is 11.3. The SMILES string of the molecule is Cc1ccc(C)c(CN2CCN(CC#N)CC2)c1. The molecule has 96 valence electrons. The van der Waals surface area contributed by atoms with Gasteiger partial charge in [-0.15, -0.1) is 0 Å². The summed E-state index contributed by atoms with van der Waals surface area (Å²) in [6, 6.07) is 8.89. The number of nitriles is 1. The van der Waals surface area contributed by atoms with Gasteiger partial charge < -0.3 is 0 Å². The Labute approximate surface area is 110 Å². The highest BCUT2D eigenvalue weighted by molar-refractivity contribution is 5.30. The zero-order chi connectivity index (χ0) is 13.0. The largest absolute Gasteiger partial charge is 0.297 e. The van der Waals surface area contributed by atoms with Crippen molar-refractivity contribution < 1.29 is 0 Å². The lowest BCUT2D eigenvalue weighted by Gasteiger charge is -2.33. The number of rotatable bonds is 3. The van der Waals surface area contributed by atoms with Crippen molar-refractivity contribution in [1.82, 2.24) is 9.80 Å². The Kier molecular flexibility index (Phi) is 4.35.